The highest BCUT2D eigenvalue weighted by molar-refractivity contribution is 7.98. The van der Waals surface area contributed by atoms with Crippen LogP contribution >= 0.6 is 23.1 Å². The van der Waals surface area contributed by atoms with Gasteiger partial charge in [0.2, 0.25) is 5.91 Å². The van der Waals surface area contributed by atoms with Crippen molar-refractivity contribution in [3.63, 3.8) is 0 Å². The van der Waals surface area contributed by atoms with Gasteiger partial charge in [-0.3, -0.25) is 14.3 Å². The first-order valence-corrected chi connectivity index (χ1v) is 13.8. The maximum Gasteiger partial charge on any atom is 0.274 e. The Labute approximate surface area is 208 Å². The number of thiazole rings is 1. The summed E-state index contributed by atoms with van der Waals surface area (Å²) in [4.78, 5) is 35.6. The van der Waals surface area contributed by atoms with E-state index >= 15 is 0 Å². The molecular formula is C25H29N5O2S2. The van der Waals surface area contributed by atoms with Gasteiger partial charge in [0.25, 0.3) is 5.91 Å². The van der Waals surface area contributed by atoms with Crippen LogP contribution in [0.15, 0.2) is 40.1 Å². The minimum Gasteiger partial charge on any atom is -0.338 e. The summed E-state index contributed by atoms with van der Waals surface area (Å²) in [6.45, 7) is 2.41. The van der Waals surface area contributed by atoms with Gasteiger partial charge >= 0.3 is 0 Å². The van der Waals surface area contributed by atoms with Crippen molar-refractivity contribution in [2.45, 2.75) is 50.2 Å². The highest BCUT2D eigenvalue weighted by Gasteiger charge is 2.33. The third kappa shape index (κ3) is 5.05. The molecule has 7 nitrogen and oxygen atoms in total. The molecule has 5 rings (SSSR count). The molecule has 1 aliphatic heterocycles. The molecule has 2 aliphatic rings. The standard InChI is InChI=1S/C25H29N5O2S2/c1-28(13-19-15-34-16-26-19)25(32)24-21-14-29(10-9-22(21)30(27-24)12-18-3-4-18)23(31)11-17-5-7-20(33-2)8-6-17/h5-8,15-16,18H,3-4,9-14H2,1-2H3. The van der Waals surface area contributed by atoms with Gasteiger partial charge in [0.1, 0.15) is 0 Å². The summed E-state index contributed by atoms with van der Waals surface area (Å²) in [6.07, 6.45) is 5.59. The number of rotatable bonds is 8. The van der Waals surface area contributed by atoms with Crippen LogP contribution in [0, 0.1) is 5.92 Å². The maximum atomic E-state index is 13.4. The summed E-state index contributed by atoms with van der Waals surface area (Å²) < 4.78 is 2.04. The first kappa shape index (κ1) is 23.1. The summed E-state index contributed by atoms with van der Waals surface area (Å²) in [5, 5.41) is 6.74. The molecule has 0 unspecified atom stereocenters. The van der Waals surface area contributed by atoms with Crippen LogP contribution in [0.3, 0.4) is 0 Å². The lowest BCUT2D eigenvalue weighted by Crippen LogP contribution is -2.38. The molecule has 2 amide bonds. The predicted molar refractivity (Wildman–Crippen MR) is 134 cm³/mol. The van der Waals surface area contributed by atoms with Gasteiger partial charge in [-0.1, -0.05) is 12.1 Å². The van der Waals surface area contributed by atoms with E-state index in [1.807, 2.05) is 33.4 Å². The molecule has 0 bridgehead atoms. The number of carbonyl (C=O) groups excluding carboxylic acids is 2. The minimum atomic E-state index is -0.110. The van der Waals surface area contributed by atoms with Gasteiger partial charge in [0.05, 0.1) is 24.2 Å². The SMILES string of the molecule is CSc1ccc(CC(=O)N2CCc3c(c(C(=O)N(C)Cc4cscn4)nn3CC3CC3)C2)cc1. The third-order valence-corrected chi connectivity index (χ3v) is 7.94. The Balaban J connectivity index is 1.35. The van der Waals surface area contributed by atoms with E-state index in [9.17, 15) is 9.59 Å². The fourth-order valence-electron chi connectivity index (χ4n) is 4.41. The largest absolute Gasteiger partial charge is 0.338 e. The fraction of sp³-hybridized carbons (Fsp3) is 0.440. The number of amides is 2. The van der Waals surface area contributed by atoms with E-state index in [1.54, 1.807) is 29.2 Å². The van der Waals surface area contributed by atoms with Gasteiger partial charge in [0.15, 0.2) is 5.69 Å². The van der Waals surface area contributed by atoms with Crippen LogP contribution in [0.1, 0.15) is 45.8 Å². The highest BCUT2D eigenvalue weighted by Crippen LogP contribution is 2.33. The molecule has 178 valence electrons. The van der Waals surface area contributed by atoms with Crippen molar-refractivity contribution >= 4 is 34.9 Å². The molecule has 1 fully saturated rings. The molecule has 3 heterocycles. The molecule has 2 aromatic heterocycles. The van der Waals surface area contributed by atoms with E-state index in [1.165, 1.54) is 29.1 Å². The predicted octanol–water partition coefficient (Wildman–Crippen LogP) is 3.87. The fourth-order valence-corrected chi connectivity index (χ4v) is 5.37. The summed E-state index contributed by atoms with van der Waals surface area (Å²) >= 11 is 3.21. The number of benzene rings is 1. The first-order valence-electron chi connectivity index (χ1n) is 11.6. The number of hydrogen-bond donors (Lipinski definition) is 0. The van der Waals surface area contributed by atoms with Gasteiger partial charge in [0, 0.05) is 54.6 Å². The van der Waals surface area contributed by atoms with E-state index < -0.39 is 0 Å². The Morgan fingerprint density at radius 1 is 1.24 bits per heavy atom. The number of aromatic nitrogens is 3. The van der Waals surface area contributed by atoms with Crippen LogP contribution in [0.25, 0.3) is 0 Å². The van der Waals surface area contributed by atoms with Gasteiger partial charge < -0.3 is 9.80 Å². The molecule has 1 aliphatic carbocycles. The zero-order chi connectivity index (χ0) is 23.7. The zero-order valence-corrected chi connectivity index (χ0v) is 21.2. The molecule has 1 saturated carbocycles. The lowest BCUT2D eigenvalue weighted by atomic mass is 10.0. The summed E-state index contributed by atoms with van der Waals surface area (Å²) in [5.74, 6) is 0.635. The van der Waals surface area contributed by atoms with Gasteiger partial charge in [-0.25, -0.2) is 4.98 Å². The lowest BCUT2D eigenvalue weighted by Gasteiger charge is -2.28. The number of fused-ring (bicyclic) bond motifs is 1. The lowest BCUT2D eigenvalue weighted by molar-refractivity contribution is -0.131. The van der Waals surface area contributed by atoms with Crippen molar-refractivity contribution in [1.82, 2.24) is 24.6 Å². The Hall–Kier alpha value is -2.65. The van der Waals surface area contributed by atoms with Crippen molar-refractivity contribution < 1.29 is 9.59 Å². The van der Waals surface area contributed by atoms with Crippen LogP contribution < -0.4 is 0 Å². The Kier molecular flexibility index (Phi) is 6.74. The number of nitrogens with zero attached hydrogens (tertiary/aromatic N) is 5. The Morgan fingerprint density at radius 3 is 2.71 bits per heavy atom. The molecule has 1 aromatic carbocycles. The van der Waals surface area contributed by atoms with E-state index in [-0.39, 0.29) is 11.8 Å². The second-order valence-corrected chi connectivity index (χ2v) is 10.7. The number of thioether (sulfide) groups is 1. The number of carbonyl (C=O) groups is 2. The molecule has 0 radical (unpaired) electrons. The van der Waals surface area contributed by atoms with Crippen LogP contribution in [0.2, 0.25) is 0 Å². The molecule has 3 aromatic rings. The third-order valence-electron chi connectivity index (χ3n) is 6.56. The van der Waals surface area contributed by atoms with Crippen molar-refractivity contribution in [3.05, 3.63) is 63.4 Å². The van der Waals surface area contributed by atoms with Gasteiger partial charge in [-0.15, -0.1) is 23.1 Å². The highest BCUT2D eigenvalue weighted by atomic mass is 32.2. The van der Waals surface area contributed by atoms with Crippen molar-refractivity contribution in [3.8, 4) is 0 Å². The normalized spacial score (nSPS) is 15.3. The van der Waals surface area contributed by atoms with Crippen LogP contribution in [0.4, 0.5) is 0 Å². The van der Waals surface area contributed by atoms with E-state index in [2.05, 4.69) is 17.1 Å². The second kappa shape index (κ2) is 9.92. The molecular weight excluding hydrogens is 466 g/mol. The average Bonchev–Trinajstić information content (AvgIpc) is 3.39. The molecule has 0 N–H and O–H groups in total. The van der Waals surface area contributed by atoms with Gasteiger partial charge in [-0.2, -0.15) is 5.10 Å². The molecule has 0 saturated heterocycles. The van der Waals surface area contributed by atoms with E-state index in [0.717, 1.165) is 35.5 Å². The molecule has 34 heavy (non-hydrogen) atoms. The second-order valence-electron chi connectivity index (χ2n) is 9.13. The summed E-state index contributed by atoms with van der Waals surface area (Å²) in [7, 11) is 1.79. The average molecular weight is 496 g/mol. The van der Waals surface area contributed by atoms with Crippen LogP contribution in [-0.4, -0.2) is 56.2 Å². The van der Waals surface area contributed by atoms with Crippen molar-refractivity contribution in [2.24, 2.45) is 5.92 Å². The molecule has 0 atom stereocenters. The number of hydrogen-bond acceptors (Lipinski definition) is 6. The van der Waals surface area contributed by atoms with Crippen molar-refractivity contribution in [2.75, 3.05) is 19.8 Å². The molecule has 9 heteroatoms. The zero-order valence-electron chi connectivity index (χ0n) is 19.6. The quantitative estimate of drug-likeness (QED) is 0.444. The van der Waals surface area contributed by atoms with Crippen LogP contribution in [-0.2, 0) is 37.3 Å². The van der Waals surface area contributed by atoms with Crippen LogP contribution in [0.5, 0.6) is 0 Å². The van der Waals surface area contributed by atoms with Gasteiger partial charge in [-0.05, 0) is 42.7 Å². The monoisotopic (exact) mass is 495 g/mol. The summed E-state index contributed by atoms with van der Waals surface area (Å²) in [5.41, 5.74) is 6.17. The maximum absolute atomic E-state index is 13.4. The Morgan fingerprint density at radius 2 is 2.03 bits per heavy atom. The smallest absolute Gasteiger partial charge is 0.274 e. The first-order chi connectivity index (χ1) is 16.5. The van der Waals surface area contributed by atoms with E-state index in [4.69, 9.17) is 5.10 Å². The summed E-state index contributed by atoms with van der Waals surface area (Å²) in [6, 6.07) is 8.15. The topological polar surface area (TPSA) is 71.3 Å². The molecule has 0 spiro atoms. The minimum absolute atomic E-state index is 0.0896. The van der Waals surface area contributed by atoms with Crippen molar-refractivity contribution in [1.29, 1.82) is 0 Å². The van der Waals surface area contributed by atoms with E-state index in [0.29, 0.717) is 37.7 Å². The Bertz CT molecular complexity index is 1170.